The van der Waals surface area contributed by atoms with Crippen molar-refractivity contribution in [2.24, 2.45) is 0 Å². The quantitative estimate of drug-likeness (QED) is 0.391. The van der Waals surface area contributed by atoms with Crippen molar-refractivity contribution in [1.29, 1.82) is 0 Å². The van der Waals surface area contributed by atoms with Crippen LogP contribution in [0.3, 0.4) is 0 Å². The van der Waals surface area contributed by atoms with Crippen LogP contribution in [0, 0.1) is 0 Å². The molecule has 0 unspecified atom stereocenters. The van der Waals surface area contributed by atoms with Gasteiger partial charge in [0, 0.05) is 0 Å². The maximum absolute atomic E-state index is 10.4. The molecule has 0 heterocycles. The highest BCUT2D eigenvalue weighted by Gasteiger charge is 2.24. The second-order valence-electron chi connectivity index (χ2n) is 2.47. The minimum absolute atomic E-state index is 0.0417. The van der Waals surface area contributed by atoms with Crippen molar-refractivity contribution in [3.63, 3.8) is 0 Å². The lowest BCUT2D eigenvalue weighted by Crippen LogP contribution is -2.08. The molecule has 1 aliphatic rings. The number of hydrogen-bond donors (Lipinski definition) is 0. The normalized spacial score (nSPS) is 24.6. The summed E-state index contributed by atoms with van der Waals surface area (Å²) in [5.74, 6) is 0. The van der Waals surface area contributed by atoms with E-state index in [1.54, 1.807) is 0 Å². The minimum atomic E-state index is 0.0417. The molecule has 0 aromatic rings. The Labute approximate surface area is 51.0 Å². The van der Waals surface area contributed by atoms with Gasteiger partial charge in [0.05, 0.1) is 5.16 Å². The lowest BCUT2D eigenvalue weighted by molar-refractivity contribution is 0.565. The monoisotopic (exact) mass is 128 g/mol. The highest BCUT2D eigenvalue weighted by molar-refractivity contribution is 7.26. The second kappa shape index (κ2) is 1.99. The molecule has 0 aromatic carbocycles. The number of rotatable bonds is 1. The van der Waals surface area contributed by atoms with Crippen LogP contribution < -0.4 is 0 Å². The molecule has 1 nitrogen and oxygen atoms in total. The zero-order valence-electron chi connectivity index (χ0n) is 4.92. The lowest BCUT2D eigenvalue weighted by atomic mass is 10.1. The lowest BCUT2D eigenvalue weighted by Gasteiger charge is -2.10. The first-order chi connectivity index (χ1) is 3.77. The Kier molecular flexibility index (Phi) is 1.48. The van der Waals surface area contributed by atoms with Crippen molar-refractivity contribution < 1.29 is 4.57 Å². The second-order valence-corrected chi connectivity index (χ2v) is 3.73. The number of hydrogen-bond acceptors (Lipinski definition) is 1. The molecule has 0 fully saturated rings. The fourth-order valence-electron chi connectivity index (χ4n) is 0.832. The molecule has 1 aliphatic carbocycles. The zero-order valence-corrected chi connectivity index (χ0v) is 5.82. The van der Waals surface area contributed by atoms with Crippen LogP contribution in [0.1, 0.15) is 19.8 Å². The van der Waals surface area contributed by atoms with Gasteiger partial charge in [0.15, 0.2) is 8.46 Å². The molecule has 0 saturated carbocycles. The van der Waals surface area contributed by atoms with E-state index in [1.165, 1.54) is 0 Å². The molecule has 0 aromatic heterocycles. The van der Waals surface area contributed by atoms with Crippen molar-refractivity contribution in [3.8, 4) is 0 Å². The van der Waals surface area contributed by atoms with Crippen molar-refractivity contribution in [2.75, 3.05) is 0 Å². The average molecular weight is 128 g/mol. The van der Waals surface area contributed by atoms with Gasteiger partial charge in [0.1, 0.15) is 0 Å². The molecular weight excluding hydrogens is 119 g/mol. The van der Waals surface area contributed by atoms with E-state index < -0.39 is 0 Å². The Hall–Kier alpha value is -0.160. The van der Waals surface area contributed by atoms with E-state index in [0.29, 0.717) is 0 Å². The molecule has 0 N–H and O–H groups in total. The van der Waals surface area contributed by atoms with Crippen molar-refractivity contribution in [1.82, 2.24) is 0 Å². The highest BCUT2D eigenvalue weighted by atomic mass is 31.1. The summed E-state index contributed by atoms with van der Waals surface area (Å²) >= 11 is 0. The SMILES string of the molecule is CC1(P=O)CC=CC1. The average Bonchev–Trinajstić information content (AvgIpc) is 2.17. The highest BCUT2D eigenvalue weighted by Crippen LogP contribution is 2.35. The summed E-state index contributed by atoms with van der Waals surface area (Å²) in [4.78, 5) is 0. The van der Waals surface area contributed by atoms with Crippen molar-refractivity contribution >= 4 is 8.46 Å². The zero-order chi connectivity index (χ0) is 6.04. The smallest absolute Gasteiger partial charge is 0.162 e. The summed E-state index contributed by atoms with van der Waals surface area (Å²) in [6, 6.07) is 0. The Bertz CT molecular complexity index is 120. The van der Waals surface area contributed by atoms with Crippen LogP contribution in [0.4, 0.5) is 0 Å². The van der Waals surface area contributed by atoms with Gasteiger partial charge < -0.3 is 0 Å². The Morgan fingerprint density at radius 3 is 2.25 bits per heavy atom. The third-order valence-corrected chi connectivity index (χ3v) is 2.31. The van der Waals surface area contributed by atoms with E-state index in [1.807, 2.05) is 6.92 Å². The molecule has 8 heavy (non-hydrogen) atoms. The van der Waals surface area contributed by atoms with Crippen LogP contribution >= 0.6 is 8.46 Å². The van der Waals surface area contributed by atoms with Gasteiger partial charge in [-0.05, 0) is 19.8 Å². The van der Waals surface area contributed by atoms with Gasteiger partial charge >= 0.3 is 0 Å². The predicted octanol–water partition coefficient (Wildman–Crippen LogP) is 2.39. The fourth-order valence-corrected chi connectivity index (χ4v) is 1.19. The van der Waals surface area contributed by atoms with E-state index in [4.69, 9.17) is 0 Å². The molecule has 0 atom stereocenters. The van der Waals surface area contributed by atoms with Crippen molar-refractivity contribution in [2.45, 2.75) is 24.9 Å². The Morgan fingerprint density at radius 2 is 2.00 bits per heavy atom. The van der Waals surface area contributed by atoms with Crippen LogP contribution in [0.5, 0.6) is 0 Å². The van der Waals surface area contributed by atoms with E-state index in [2.05, 4.69) is 12.2 Å². The number of allylic oxidation sites excluding steroid dienone is 2. The van der Waals surface area contributed by atoms with Crippen molar-refractivity contribution in [3.05, 3.63) is 12.2 Å². The van der Waals surface area contributed by atoms with Crippen LogP contribution in [-0.2, 0) is 4.57 Å². The molecule has 0 amide bonds. The van der Waals surface area contributed by atoms with Gasteiger partial charge in [-0.15, -0.1) is 0 Å². The van der Waals surface area contributed by atoms with Crippen LogP contribution in [0.2, 0.25) is 0 Å². The maximum Gasteiger partial charge on any atom is 0.162 e. The van der Waals surface area contributed by atoms with E-state index in [-0.39, 0.29) is 13.6 Å². The van der Waals surface area contributed by atoms with Gasteiger partial charge in [-0.3, -0.25) is 4.57 Å². The summed E-state index contributed by atoms with van der Waals surface area (Å²) in [5, 5.41) is 0.0417. The molecular formula is C6H9OP. The minimum Gasteiger partial charge on any atom is -0.274 e. The standard InChI is InChI=1S/C6H9OP/c1-6(8-7)4-2-3-5-6/h2-3H,4-5H2,1H3. The molecule has 2 heteroatoms. The van der Waals surface area contributed by atoms with Crippen LogP contribution in [0.25, 0.3) is 0 Å². The summed E-state index contributed by atoms with van der Waals surface area (Å²) in [5.41, 5.74) is 0. The van der Waals surface area contributed by atoms with Crippen LogP contribution in [0.15, 0.2) is 12.2 Å². The molecule has 0 bridgehead atoms. The topological polar surface area (TPSA) is 17.1 Å². The van der Waals surface area contributed by atoms with E-state index >= 15 is 0 Å². The largest absolute Gasteiger partial charge is 0.274 e. The fraction of sp³-hybridized carbons (Fsp3) is 0.667. The van der Waals surface area contributed by atoms with Gasteiger partial charge in [0.2, 0.25) is 0 Å². The molecule has 44 valence electrons. The summed E-state index contributed by atoms with van der Waals surface area (Å²) in [6.45, 7) is 2.03. The van der Waals surface area contributed by atoms with E-state index in [9.17, 15) is 4.57 Å². The molecule has 0 radical (unpaired) electrons. The summed E-state index contributed by atoms with van der Waals surface area (Å²) in [6.07, 6.45) is 6.12. The first-order valence-corrected chi connectivity index (χ1v) is 3.58. The summed E-state index contributed by atoms with van der Waals surface area (Å²) < 4.78 is 10.4. The predicted molar refractivity (Wildman–Crippen MR) is 34.4 cm³/mol. The summed E-state index contributed by atoms with van der Waals surface area (Å²) in [7, 11) is 0.287. The molecule has 0 spiro atoms. The third kappa shape index (κ3) is 0.976. The van der Waals surface area contributed by atoms with Gasteiger partial charge in [0.25, 0.3) is 0 Å². The first kappa shape index (κ1) is 5.97. The Balaban J connectivity index is 2.58. The molecule has 1 rings (SSSR count). The van der Waals surface area contributed by atoms with Gasteiger partial charge in [-0.1, -0.05) is 12.2 Å². The maximum atomic E-state index is 10.4. The Morgan fingerprint density at radius 1 is 1.50 bits per heavy atom. The van der Waals surface area contributed by atoms with Crippen LogP contribution in [-0.4, -0.2) is 5.16 Å². The van der Waals surface area contributed by atoms with Gasteiger partial charge in [-0.25, -0.2) is 0 Å². The third-order valence-electron chi connectivity index (χ3n) is 1.50. The molecule has 0 aliphatic heterocycles. The van der Waals surface area contributed by atoms with E-state index in [0.717, 1.165) is 12.8 Å². The first-order valence-electron chi connectivity index (χ1n) is 2.76. The molecule has 0 saturated heterocycles. The van der Waals surface area contributed by atoms with Gasteiger partial charge in [-0.2, -0.15) is 0 Å².